The number of aromatic nitrogens is 1. The summed E-state index contributed by atoms with van der Waals surface area (Å²) in [5.74, 6) is 0. The highest BCUT2D eigenvalue weighted by molar-refractivity contribution is 5.18. The normalized spacial score (nSPS) is 23.8. The second kappa shape index (κ2) is 5.37. The van der Waals surface area contributed by atoms with Crippen molar-refractivity contribution in [1.82, 2.24) is 15.2 Å². The van der Waals surface area contributed by atoms with Crippen LogP contribution in [0, 0.1) is 6.92 Å². The minimum atomic E-state index is 0.711. The summed E-state index contributed by atoms with van der Waals surface area (Å²) in [5.41, 5.74) is 2.57. The molecule has 2 heterocycles. The van der Waals surface area contributed by atoms with Gasteiger partial charge >= 0.3 is 0 Å². The molecule has 0 unspecified atom stereocenters. The molecule has 2 aliphatic rings. The Labute approximate surface area is 110 Å². The molecule has 0 radical (unpaired) electrons. The van der Waals surface area contributed by atoms with Crippen LogP contribution in [0.15, 0.2) is 18.3 Å². The highest BCUT2D eigenvalue weighted by Gasteiger charge is 2.31. The summed E-state index contributed by atoms with van der Waals surface area (Å²) in [4.78, 5) is 7.06. The second-order valence-electron chi connectivity index (χ2n) is 5.70. The molecule has 0 bridgehead atoms. The second-order valence-corrected chi connectivity index (χ2v) is 5.70. The molecule has 18 heavy (non-hydrogen) atoms. The average Bonchev–Trinajstić information content (AvgIpc) is 3.10. The van der Waals surface area contributed by atoms with E-state index in [1.165, 1.54) is 50.0 Å². The van der Waals surface area contributed by atoms with Crippen molar-refractivity contribution in [3.63, 3.8) is 0 Å². The van der Waals surface area contributed by atoms with Crippen LogP contribution in [-0.2, 0) is 6.54 Å². The van der Waals surface area contributed by atoms with E-state index in [0.29, 0.717) is 6.04 Å². The van der Waals surface area contributed by atoms with Crippen molar-refractivity contribution >= 4 is 0 Å². The highest BCUT2D eigenvalue weighted by Crippen LogP contribution is 2.29. The van der Waals surface area contributed by atoms with Crippen molar-refractivity contribution in [3.8, 4) is 0 Å². The Hall–Kier alpha value is -0.930. The van der Waals surface area contributed by atoms with Crippen molar-refractivity contribution in [3.05, 3.63) is 29.6 Å². The summed E-state index contributed by atoms with van der Waals surface area (Å²) < 4.78 is 0. The maximum absolute atomic E-state index is 4.40. The molecule has 2 fully saturated rings. The standard InChI is InChI=1S/C15H23N3/c1-12-13(4-2-8-16-12)10-18(15-6-7-15)11-14-5-3-9-17-14/h2,4,8,14-15,17H,3,5-7,9-11H2,1H3/t14-/m1/s1. The molecule has 1 N–H and O–H groups in total. The number of hydrogen-bond donors (Lipinski definition) is 1. The summed E-state index contributed by atoms with van der Waals surface area (Å²) >= 11 is 0. The molecule has 0 amide bonds. The molecule has 1 aliphatic heterocycles. The zero-order valence-electron chi connectivity index (χ0n) is 11.2. The van der Waals surface area contributed by atoms with Crippen molar-refractivity contribution in [2.75, 3.05) is 13.1 Å². The van der Waals surface area contributed by atoms with Crippen LogP contribution in [0.1, 0.15) is 36.9 Å². The zero-order valence-corrected chi connectivity index (χ0v) is 11.2. The highest BCUT2D eigenvalue weighted by atomic mass is 15.2. The van der Waals surface area contributed by atoms with Gasteiger partial charge in [0.15, 0.2) is 0 Å². The van der Waals surface area contributed by atoms with Crippen molar-refractivity contribution in [2.45, 2.75) is 51.2 Å². The fourth-order valence-corrected chi connectivity index (χ4v) is 2.88. The van der Waals surface area contributed by atoms with Gasteiger partial charge in [-0.2, -0.15) is 0 Å². The Morgan fingerprint density at radius 1 is 1.39 bits per heavy atom. The summed E-state index contributed by atoms with van der Waals surface area (Å²) in [6.07, 6.45) is 7.33. The number of rotatable bonds is 5. The lowest BCUT2D eigenvalue weighted by atomic mass is 10.1. The summed E-state index contributed by atoms with van der Waals surface area (Å²) in [7, 11) is 0. The molecule has 1 saturated carbocycles. The minimum absolute atomic E-state index is 0.711. The van der Waals surface area contributed by atoms with Crippen LogP contribution in [0.2, 0.25) is 0 Å². The van der Waals surface area contributed by atoms with Crippen LogP contribution < -0.4 is 5.32 Å². The van der Waals surface area contributed by atoms with E-state index in [0.717, 1.165) is 12.6 Å². The van der Waals surface area contributed by atoms with E-state index in [1.807, 2.05) is 6.20 Å². The molecule has 1 aromatic rings. The largest absolute Gasteiger partial charge is 0.313 e. The van der Waals surface area contributed by atoms with Gasteiger partial charge in [0.2, 0.25) is 0 Å². The van der Waals surface area contributed by atoms with E-state index in [9.17, 15) is 0 Å². The summed E-state index contributed by atoms with van der Waals surface area (Å²) in [5, 5.41) is 3.61. The average molecular weight is 245 g/mol. The smallest absolute Gasteiger partial charge is 0.0417 e. The molecule has 1 saturated heterocycles. The third kappa shape index (κ3) is 2.90. The number of hydrogen-bond acceptors (Lipinski definition) is 3. The van der Waals surface area contributed by atoms with Gasteiger partial charge in [0.25, 0.3) is 0 Å². The van der Waals surface area contributed by atoms with E-state index in [4.69, 9.17) is 0 Å². The molecular formula is C15H23N3. The fraction of sp³-hybridized carbons (Fsp3) is 0.667. The number of nitrogens with zero attached hydrogens (tertiary/aromatic N) is 2. The number of pyridine rings is 1. The van der Waals surface area contributed by atoms with Crippen LogP contribution in [0.25, 0.3) is 0 Å². The molecule has 3 rings (SSSR count). The maximum atomic E-state index is 4.40. The van der Waals surface area contributed by atoms with Gasteiger partial charge in [-0.05, 0) is 50.8 Å². The predicted octanol–water partition coefficient (Wildman–Crippen LogP) is 2.11. The molecular weight excluding hydrogens is 222 g/mol. The van der Waals surface area contributed by atoms with Crippen LogP contribution in [0.3, 0.4) is 0 Å². The van der Waals surface area contributed by atoms with E-state index in [-0.39, 0.29) is 0 Å². The lowest BCUT2D eigenvalue weighted by Gasteiger charge is -2.26. The molecule has 3 nitrogen and oxygen atoms in total. The lowest BCUT2D eigenvalue weighted by molar-refractivity contribution is 0.230. The first-order chi connectivity index (χ1) is 8.83. The number of aryl methyl sites for hydroxylation is 1. The molecule has 0 spiro atoms. The van der Waals surface area contributed by atoms with E-state index < -0.39 is 0 Å². The van der Waals surface area contributed by atoms with Crippen LogP contribution in [0.5, 0.6) is 0 Å². The Balaban J connectivity index is 1.64. The first-order valence-corrected chi connectivity index (χ1v) is 7.21. The van der Waals surface area contributed by atoms with Gasteiger partial charge in [-0.3, -0.25) is 9.88 Å². The minimum Gasteiger partial charge on any atom is -0.313 e. The van der Waals surface area contributed by atoms with E-state index in [2.05, 4.69) is 34.3 Å². The third-order valence-electron chi connectivity index (χ3n) is 4.17. The third-order valence-corrected chi connectivity index (χ3v) is 4.17. The first-order valence-electron chi connectivity index (χ1n) is 7.21. The molecule has 0 aromatic carbocycles. The van der Waals surface area contributed by atoms with Gasteiger partial charge in [-0.25, -0.2) is 0 Å². The van der Waals surface area contributed by atoms with Crippen LogP contribution >= 0.6 is 0 Å². The maximum Gasteiger partial charge on any atom is 0.0417 e. The van der Waals surface area contributed by atoms with Crippen molar-refractivity contribution in [1.29, 1.82) is 0 Å². The van der Waals surface area contributed by atoms with Crippen molar-refractivity contribution < 1.29 is 0 Å². The van der Waals surface area contributed by atoms with Gasteiger partial charge in [-0.15, -0.1) is 0 Å². The molecule has 1 aliphatic carbocycles. The topological polar surface area (TPSA) is 28.2 Å². The van der Waals surface area contributed by atoms with Gasteiger partial charge in [0.1, 0.15) is 0 Å². The zero-order chi connectivity index (χ0) is 12.4. The summed E-state index contributed by atoms with van der Waals surface area (Å²) in [6.45, 7) is 5.60. The Morgan fingerprint density at radius 2 is 2.28 bits per heavy atom. The molecule has 1 aromatic heterocycles. The monoisotopic (exact) mass is 245 g/mol. The van der Waals surface area contributed by atoms with Gasteiger partial charge < -0.3 is 5.32 Å². The SMILES string of the molecule is Cc1ncccc1CN(C[C@H]1CCCN1)C1CC1. The van der Waals surface area contributed by atoms with Crippen molar-refractivity contribution in [2.24, 2.45) is 0 Å². The quantitative estimate of drug-likeness (QED) is 0.861. The summed E-state index contributed by atoms with van der Waals surface area (Å²) in [6, 6.07) is 5.82. The van der Waals surface area contributed by atoms with Gasteiger partial charge in [-0.1, -0.05) is 6.07 Å². The Bertz CT molecular complexity index is 394. The lowest BCUT2D eigenvalue weighted by Crippen LogP contribution is -2.38. The first kappa shape index (κ1) is 12.1. The molecule has 98 valence electrons. The Morgan fingerprint density at radius 3 is 2.94 bits per heavy atom. The van der Waals surface area contributed by atoms with E-state index >= 15 is 0 Å². The number of nitrogens with one attached hydrogen (secondary N) is 1. The van der Waals surface area contributed by atoms with Gasteiger partial charge in [0.05, 0.1) is 0 Å². The van der Waals surface area contributed by atoms with Crippen LogP contribution in [-0.4, -0.2) is 35.1 Å². The van der Waals surface area contributed by atoms with E-state index in [1.54, 1.807) is 0 Å². The fourth-order valence-electron chi connectivity index (χ4n) is 2.88. The van der Waals surface area contributed by atoms with Crippen LogP contribution in [0.4, 0.5) is 0 Å². The van der Waals surface area contributed by atoms with Gasteiger partial charge in [0, 0.05) is 37.1 Å². The predicted molar refractivity (Wildman–Crippen MR) is 73.4 cm³/mol. The Kier molecular flexibility index (Phi) is 3.62. The molecule has 1 atom stereocenters. The molecule has 3 heteroatoms.